The fourth-order valence-electron chi connectivity index (χ4n) is 1.75. The largest absolute Gasteiger partial charge is 0.477 e. The Hall–Kier alpha value is -2.74. The van der Waals surface area contributed by atoms with Crippen LogP contribution < -0.4 is 0 Å². The molecule has 0 aliphatic rings. The average Bonchev–Trinajstić information content (AvgIpc) is 2.82. The quantitative estimate of drug-likeness (QED) is 0.662. The van der Waals surface area contributed by atoms with Gasteiger partial charge < -0.3 is 14.8 Å². The summed E-state index contributed by atoms with van der Waals surface area (Å²) in [5, 5.41) is 9.70. The van der Waals surface area contributed by atoms with Crippen molar-refractivity contribution in [2.45, 2.75) is 13.3 Å². The number of carbonyl (C=O) groups excluding carboxylic acids is 1. The zero-order chi connectivity index (χ0) is 14.5. The number of aromatic carboxylic acids is 1. The molecule has 0 saturated carbocycles. The van der Waals surface area contributed by atoms with Crippen LogP contribution in [-0.2, 0) is 9.53 Å². The van der Waals surface area contributed by atoms with Crippen molar-refractivity contribution >= 4 is 22.8 Å². The summed E-state index contributed by atoms with van der Waals surface area (Å²) in [7, 11) is 0. The van der Waals surface area contributed by atoms with Gasteiger partial charge in [0.05, 0.1) is 6.61 Å². The predicted molar refractivity (Wildman–Crippen MR) is 73.4 cm³/mol. The number of ether oxygens (including phenoxy) is 1. The number of rotatable bonds is 3. The summed E-state index contributed by atoms with van der Waals surface area (Å²) >= 11 is 0. The third-order valence-corrected chi connectivity index (χ3v) is 2.62. The second kappa shape index (κ2) is 5.93. The number of hydrogen-bond donors (Lipinski definition) is 2. The van der Waals surface area contributed by atoms with Crippen molar-refractivity contribution in [3.8, 4) is 11.8 Å². The van der Waals surface area contributed by atoms with Crippen LogP contribution in [0.25, 0.3) is 10.9 Å². The number of carbonyl (C=O) groups is 2. The van der Waals surface area contributed by atoms with Crippen LogP contribution in [0.4, 0.5) is 0 Å². The molecule has 0 amide bonds. The number of aromatic amines is 1. The number of H-pyrrole nitrogens is 1. The first-order chi connectivity index (χ1) is 9.60. The van der Waals surface area contributed by atoms with Crippen LogP contribution in [0.5, 0.6) is 0 Å². The van der Waals surface area contributed by atoms with Gasteiger partial charge >= 0.3 is 11.9 Å². The summed E-state index contributed by atoms with van der Waals surface area (Å²) in [6, 6.07) is 6.88. The molecule has 102 valence electrons. The number of aromatic nitrogens is 1. The van der Waals surface area contributed by atoms with Gasteiger partial charge in [-0.1, -0.05) is 17.9 Å². The summed E-state index contributed by atoms with van der Waals surface area (Å²) < 4.78 is 4.77. The van der Waals surface area contributed by atoms with E-state index in [9.17, 15) is 9.59 Å². The van der Waals surface area contributed by atoms with Crippen LogP contribution in [0.3, 0.4) is 0 Å². The predicted octanol–water partition coefficient (Wildman–Crippen LogP) is 2.17. The van der Waals surface area contributed by atoms with Crippen molar-refractivity contribution in [3.63, 3.8) is 0 Å². The molecule has 0 aliphatic heterocycles. The van der Waals surface area contributed by atoms with Gasteiger partial charge in [-0.15, -0.1) is 0 Å². The molecule has 0 bridgehead atoms. The Morgan fingerprint density at radius 1 is 1.35 bits per heavy atom. The van der Waals surface area contributed by atoms with E-state index in [-0.39, 0.29) is 18.1 Å². The van der Waals surface area contributed by atoms with E-state index in [1.165, 1.54) is 0 Å². The normalized spacial score (nSPS) is 9.85. The monoisotopic (exact) mass is 271 g/mol. The molecule has 0 radical (unpaired) electrons. The fraction of sp³-hybridized carbons (Fsp3) is 0.200. The minimum absolute atomic E-state index is 0.0387. The van der Waals surface area contributed by atoms with Crippen LogP contribution in [0, 0.1) is 11.8 Å². The third-order valence-electron chi connectivity index (χ3n) is 2.62. The van der Waals surface area contributed by atoms with E-state index in [1.54, 1.807) is 31.2 Å². The van der Waals surface area contributed by atoms with Gasteiger partial charge in [-0.3, -0.25) is 4.79 Å². The molecule has 1 aromatic heterocycles. The molecule has 0 fully saturated rings. The summed E-state index contributed by atoms with van der Waals surface area (Å²) in [5.74, 6) is 4.22. The van der Waals surface area contributed by atoms with Gasteiger partial charge in [0.2, 0.25) is 0 Å². The number of esters is 1. The zero-order valence-electron chi connectivity index (χ0n) is 10.9. The van der Waals surface area contributed by atoms with Gasteiger partial charge in [0, 0.05) is 16.5 Å². The highest BCUT2D eigenvalue weighted by Gasteiger charge is 2.07. The molecule has 2 aromatic rings. The minimum Gasteiger partial charge on any atom is -0.477 e. The first-order valence-electron chi connectivity index (χ1n) is 6.10. The lowest BCUT2D eigenvalue weighted by atomic mass is 10.1. The SMILES string of the molecule is CCOC(=O)CC#Cc1ccc2cc(C(=O)O)[nH]c2c1. The van der Waals surface area contributed by atoms with Crippen molar-refractivity contribution in [2.24, 2.45) is 0 Å². The van der Waals surface area contributed by atoms with E-state index in [1.807, 2.05) is 0 Å². The molecule has 5 heteroatoms. The zero-order valence-corrected chi connectivity index (χ0v) is 10.9. The summed E-state index contributed by atoms with van der Waals surface area (Å²) in [5.41, 5.74) is 1.54. The van der Waals surface area contributed by atoms with Gasteiger partial charge in [0.15, 0.2) is 0 Å². The van der Waals surface area contributed by atoms with E-state index in [4.69, 9.17) is 9.84 Å². The third kappa shape index (κ3) is 3.18. The standard InChI is InChI=1S/C15H13NO4/c1-2-20-14(17)5-3-4-10-6-7-11-9-13(15(18)19)16-12(11)8-10/h6-9,16H,2,5H2,1H3,(H,18,19). The van der Waals surface area contributed by atoms with Gasteiger partial charge in [-0.25, -0.2) is 4.79 Å². The molecule has 0 saturated heterocycles. The number of carboxylic acid groups (broad SMARTS) is 1. The maximum absolute atomic E-state index is 11.1. The molecule has 0 aliphatic carbocycles. The molecule has 2 rings (SSSR count). The van der Waals surface area contributed by atoms with Crippen molar-refractivity contribution in [1.29, 1.82) is 0 Å². The van der Waals surface area contributed by atoms with Crippen LogP contribution >= 0.6 is 0 Å². The lowest BCUT2D eigenvalue weighted by molar-refractivity contribution is -0.141. The molecule has 1 aromatic carbocycles. The molecule has 0 atom stereocenters. The minimum atomic E-state index is -1.00. The Labute approximate surface area is 115 Å². The Morgan fingerprint density at radius 2 is 2.15 bits per heavy atom. The van der Waals surface area contributed by atoms with Crippen molar-refractivity contribution in [2.75, 3.05) is 6.61 Å². The summed E-state index contributed by atoms with van der Waals surface area (Å²) in [6.07, 6.45) is 0.0387. The number of nitrogens with one attached hydrogen (secondary N) is 1. The Morgan fingerprint density at radius 3 is 2.85 bits per heavy atom. The van der Waals surface area contributed by atoms with Crippen LogP contribution in [0.2, 0.25) is 0 Å². The van der Waals surface area contributed by atoms with Crippen LogP contribution in [0.1, 0.15) is 29.4 Å². The fourth-order valence-corrected chi connectivity index (χ4v) is 1.75. The summed E-state index contributed by atoms with van der Waals surface area (Å²) in [6.45, 7) is 2.08. The molecule has 20 heavy (non-hydrogen) atoms. The lowest BCUT2D eigenvalue weighted by Gasteiger charge is -1.95. The van der Waals surface area contributed by atoms with Crippen LogP contribution in [0.15, 0.2) is 24.3 Å². The van der Waals surface area contributed by atoms with E-state index in [0.29, 0.717) is 17.7 Å². The average molecular weight is 271 g/mol. The Bertz CT molecular complexity index is 718. The lowest BCUT2D eigenvalue weighted by Crippen LogP contribution is -2.01. The molecule has 0 unspecified atom stereocenters. The van der Waals surface area contributed by atoms with Gasteiger partial charge in [0.1, 0.15) is 12.1 Å². The van der Waals surface area contributed by atoms with E-state index < -0.39 is 5.97 Å². The number of carboxylic acids is 1. The van der Waals surface area contributed by atoms with Gasteiger partial charge in [0.25, 0.3) is 0 Å². The van der Waals surface area contributed by atoms with Crippen LogP contribution in [-0.4, -0.2) is 28.6 Å². The highest BCUT2D eigenvalue weighted by atomic mass is 16.5. The van der Waals surface area contributed by atoms with Gasteiger partial charge in [-0.05, 0) is 25.1 Å². The molecular weight excluding hydrogens is 258 g/mol. The Balaban J connectivity index is 2.17. The molecule has 1 heterocycles. The number of benzene rings is 1. The second-order valence-corrected chi connectivity index (χ2v) is 4.07. The first kappa shape index (κ1) is 13.7. The van der Waals surface area contributed by atoms with Crippen molar-refractivity contribution in [3.05, 3.63) is 35.5 Å². The van der Waals surface area contributed by atoms with Crippen molar-refractivity contribution in [1.82, 2.24) is 4.98 Å². The molecule has 2 N–H and O–H groups in total. The highest BCUT2D eigenvalue weighted by Crippen LogP contribution is 2.16. The van der Waals surface area contributed by atoms with E-state index in [2.05, 4.69) is 16.8 Å². The number of fused-ring (bicyclic) bond motifs is 1. The smallest absolute Gasteiger partial charge is 0.352 e. The Kier molecular flexibility index (Phi) is 4.06. The van der Waals surface area contributed by atoms with E-state index >= 15 is 0 Å². The molecule has 0 spiro atoms. The maximum Gasteiger partial charge on any atom is 0.352 e. The first-order valence-corrected chi connectivity index (χ1v) is 6.10. The number of hydrogen-bond acceptors (Lipinski definition) is 3. The van der Waals surface area contributed by atoms with E-state index in [0.717, 1.165) is 5.39 Å². The second-order valence-electron chi connectivity index (χ2n) is 4.07. The summed E-state index contributed by atoms with van der Waals surface area (Å²) in [4.78, 5) is 24.8. The van der Waals surface area contributed by atoms with Crippen molar-refractivity contribution < 1.29 is 19.4 Å². The molecular formula is C15H13NO4. The van der Waals surface area contributed by atoms with Gasteiger partial charge in [-0.2, -0.15) is 0 Å². The molecule has 5 nitrogen and oxygen atoms in total. The highest BCUT2D eigenvalue weighted by molar-refractivity contribution is 5.94. The topological polar surface area (TPSA) is 79.4 Å². The maximum atomic E-state index is 11.1.